The number of benzene rings is 2. The summed E-state index contributed by atoms with van der Waals surface area (Å²) in [5.41, 5.74) is -7.98. The second-order valence-electron chi connectivity index (χ2n) is 7.77. The molecular weight excluding hydrogens is 470 g/mol. The van der Waals surface area contributed by atoms with Crippen LogP contribution in [-0.4, -0.2) is 53.1 Å². The van der Waals surface area contributed by atoms with Crippen LogP contribution in [0.2, 0.25) is 0 Å². The molecule has 0 aliphatic heterocycles. The smallest absolute Gasteiger partial charge is 0.411 e. The molecule has 4 N–H and O–H groups in total. The summed E-state index contributed by atoms with van der Waals surface area (Å²) in [7, 11) is 1.18. The van der Waals surface area contributed by atoms with Crippen molar-refractivity contribution in [1.82, 2.24) is 0 Å². The molecule has 0 aliphatic rings. The maximum atomic E-state index is 14.7. The van der Waals surface area contributed by atoms with Crippen LogP contribution in [0.3, 0.4) is 0 Å². The van der Waals surface area contributed by atoms with Crippen molar-refractivity contribution in [3.8, 4) is 11.5 Å². The minimum atomic E-state index is -5.90. The van der Waals surface area contributed by atoms with E-state index in [4.69, 9.17) is 4.74 Å². The van der Waals surface area contributed by atoms with Gasteiger partial charge < -0.3 is 25.2 Å². The Labute approximate surface area is 192 Å². The third kappa shape index (κ3) is 4.82. The third-order valence-corrected chi connectivity index (χ3v) is 5.70. The fourth-order valence-electron chi connectivity index (χ4n) is 4.09. The molecule has 0 heterocycles. The lowest BCUT2D eigenvalue weighted by molar-refractivity contribution is -0.288. The highest BCUT2D eigenvalue weighted by atomic mass is 19.4. The molecular formula is C23H26F6O5. The molecule has 0 radical (unpaired) electrons. The van der Waals surface area contributed by atoms with Crippen molar-refractivity contribution in [3.63, 3.8) is 0 Å². The molecule has 0 saturated heterocycles. The zero-order chi connectivity index (χ0) is 25.9. The van der Waals surface area contributed by atoms with E-state index in [1.54, 1.807) is 0 Å². The molecule has 0 bridgehead atoms. The van der Waals surface area contributed by atoms with Crippen LogP contribution in [0.15, 0.2) is 24.3 Å². The number of aliphatic hydroxyl groups is 2. The standard InChI is InChI=1S/C23H26F6O5/c1-3-13-8-17(11-16(12-34-2)19(13)32)21(22(24,25)26,23(27,28)29)18-9-14(4-6-30)20(33)15(10-18)5-7-31/h8-11,30-33H,3-7,12H2,1-2H3. The summed E-state index contributed by atoms with van der Waals surface area (Å²) in [5, 5.41) is 39.1. The van der Waals surface area contributed by atoms with Gasteiger partial charge in [-0.3, -0.25) is 0 Å². The van der Waals surface area contributed by atoms with Crippen LogP contribution in [-0.2, 0) is 36.0 Å². The lowest BCUT2D eigenvalue weighted by Gasteiger charge is -2.39. The number of phenolic OH excluding ortho intramolecular Hbond substituents is 2. The summed E-state index contributed by atoms with van der Waals surface area (Å²) in [6, 6.07) is 2.42. The van der Waals surface area contributed by atoms with Gasteiger partial charge in [-0.25, -0.2) is 0 Å². The van der Waals surface area contributed by atoms with Gasteiger partial charge in [0.1, 0.15) is 11.5 Å². The molecule has 2 rings (SSSR count). The van der Waals surface area contributed by atoms with E-state index in [1.807, 2.05) is 0 Å². The van der Waals surface area contributed by atoms with Crippen LogP contribution < -0.4 is 0 Å². The van der Waals surface area contributed by atoms with Crippen LogP contribution in [0.4, 0.5) is 26.3 Å². The zero-order valence-corrected chi connectivity index (χ0v) is 18.5. The van der Waals surface area contributed by atoms with Crippen LogP contribution in [0.1, 0.15) is 40.3 Å². The number of aryl methyl sites for hydroxylation is 1. The first-order chi connectivity index (χ1) is 15.8. The summed E-state index contributed by atoms with van der Waals surface area (Å²) >= 11 is 0. The van der Waals surface area contributed by atoms with Crippen molar-refractivity contribution in [2.24, 2.45) is 0 Å². The minimum absolute atomic E-state index is 0.0523. The molecule has 0 aliphatic carbocycles. The Morgan fingerprint density at radius 2 is 1.09 bits per heavy atom. The number of ether oxygens (including phenoxy) is 1. The zero-order valence-electron chi connectivity index (χ0n) is 18.5. The van der Waals surface area contributed by atoms with E-state index < -0.39 is 73.1 Å². The average Bonchev–Trinajstić information content (AvgIpc) is 2.72. The van der Waals surface area contributed by atoms with Crippen LogP contribution >= 0.6 is 0 Å². The number of alkyl halides is 6. The van der Waals surface area contributed by atoms with Gasteiger partial charge in [0.2, 0.25) is 5.41 Å². The Morgan fingerprint density at radius 1 is 0.706 bits per heavy atom. The average molecular weight is 496 g/mol. The quantitative estimate of drug-likeness (QED) is 0.389. The predicted molar refractivity (Wildman–Crippen MR) is 111 cm³/mol. The predicted octanol–water partition coefficient (Wildman–Crippen LogP) is 4.29. The largest absolute Gasteiger partial charge is 0.507 e. The summed E-state index contributed by atoms with van der Waals surface area (Å²) < 4.78 is 92.8. The highest BCUT2D eigenvalue weighted by Gasteiger charge is 2.72. The van der Waals surface area contributed by atoms with Gasteiger partial charge in [0, 0.05) is 25.9 Å². The molecule has 0 spiro atoms. The molecule has 0 saturated carbocycles. The Hall–Kier alpha value is -2.50. The van der Waals surface area contributed by atoms with E-state index in [9.17, 15) is 46.8 Å². The Bertz CT molecular complexity index is 960. The molecule has 2 aromatic carbocycles. The SMILES string of the molecule is CCc1cc(C(c2cc(CCO)c(O)c(CCO)c2)(C(F)(F)F)C(F)(F)F)cc(COC)c1O. The second-order valence-corrected chi connectivity index (χ2v) is 7.77. The fourth-order valence-corrected chi connectivity index (χ4v) is 4.09. The van der Waals surface area contributed by atoms with Gasteiger partial charge in [0.05, 0.1) is 6.61 Å². The Kier molecular flexibility index (Phi) is 8.49. The van der Waals surface area contributed by atoms with Crippen LogP contribution in [0.5, 0.6) is 11.5 Å². The van der Waals surface area contributed by atoms with Crippen molar-refractivity contribution in [2.75, 3.05) is 20.3 Å². The number of hydrogen-bond donors (Lipinski definition) is 4. The molecule has 5 nitrogen and oxygen atoms in total. The number of rotatable bonds is 9. The number of halogens is 6. The minimum Gasteiger partial charge on any atom is -0.507 e. The molecule has 11 heteroatoms. The number of aromatic hydroxyl groups is 2. The topological polar surface area (TPSA) is 90.2 Å². The first kappa shape index (κ1) is 27.7. The van der Waals surface area contributed by atoms with E-state index in [2.05, 4.69) is 0 Å². The van der Waals surface area contributed by atoms with Crippen molar-refractivity contribution in [3.05, 3.63) is 57.6 Å². The van der Waals surface area contributed by atoms with Gasteiger partial charge in [0.25, 0.3) is 0 Å². The monoisotopic (exact) mass is 496 g/mol. The Balaban J connectivity index is 3.10. The molecule has 0 amide bonds. The normalized spacial score (nSPS) is 12.9. The van der Waals surface area contributed by atoms with E-state index in [0.717, 1.165) is 0 Å². The highest BCUT2D eigenvalue weighted by molar-refractivity contribution is 5.55. The molecule has 0 aromatic heterocycles. The number of phenols is 2. The summed E-state index contributed by atoms with van der Waals surface area (Å²) in [6.07, 6.45) is -12.7. The van der Waals surface area contributed by atoms with Crippen molar-refractivity contribution < 1.29 is 51.5 Å². The van der Waals surface area contributed by atoms with Gasteiger partial charge in [-0.1, -0.05) is 25.1 Å². The van der Waals surface area contributed by atoms with Crippen molar-refractivity contribution >= 4 is 0 Å². The maximum absolute atomic E-state index is 14.7. The molecule has 0 unspecified atom stereocenters. The van der Waals surface area contributed by atoms with Gasteiger partial charge in [-0.2, -0.15) is 26.3 Å². The molecule has 34 heavy (non-hydrogen) atoms. The molecule has 0 fully saturated rings. The summed E-state index contributed by atoms with van der Waals surface area (Å²) in [4.78, 5) is 0. The highest BCUT2D eigenvalue weighted by Crippen LogP contribution is 2.57. The van der Waals surface area contributed by atoms with Crippen LogP contribution in [0.25, 0.3) is 0 Å². The van der Waals surface area contributed by atoms with Crippen molar-refractivity contribution in [2.45, 2.75) is 50.6 Å². The maximum Gasteiger partial charge on any atom is 0.411 e. The first-order valence-corrected chi connectivity index (χ1v) is 10.3. The van der Waals surface area contributed by atoms with Gasteiger partial charge in [0.15, 0.2) is 0 Å². The van der Waals surface area contributed by atoms with E-state index in [-0.39, 0.29) is 28.7 Å². The Morgan fingerprint density at radius 3 is 1.44 bits per heavy atom. The third-order valence-electron chi connectivity index (χ3n) is 5.70. The van der Waals surface area contributed by atoms with Gasteiger partial charge in [-0.15, -0.1) is 0 Å². The first-order valence-electron chi connectivity index (χ1n) is 10.3. The number of hydrogen-bond acceptors (Lipinski definition) is 5. The van der Waals surface area contributed by atoms with Gasteiger partial charge in [-0.05, 0) is 53.1 Å². The van der Waals surface area contributed by atoms with Crippen LogP contribution in [0, 0.1) is 0 Å². The lowest BCUT2D eigenvalue weighted by atomic mass is 9.71. The van der Waals surface area contributed by atoms with Crippen molar-refractivity contribution in [1.29, 1.82) is 0 Å². The number of methoxy groups -OCH3 is 1. The van der Waals surface area contributed by atoms with E-state index in [1.165, 1.54) is 14.0 Å². The second kappa shape index (κ2) is 10.4. The molecule has 0 atom stereocenters. The van der Waals surface area contributed by atoms with E-state index >= 15 is 0 Å². The lowest BCUT2D eigenvalue weighted by Crippen LogP contribution is -2.55. The summed E-state index contributed by atoms with van der Waals surface area (Å²) in [6.45, 7) is -0.243. The fraction of sp³-hybridized carbons (Fsp3) is 0.478. The molecule has 190 valence electrons. The molecule has 2 aromatic rings. The van der Waals surface area contributed by atoms with E-state index in [0.29, 0.717) is 24.3 Å². The summed E-state index contributed by atoms with van der Waals surface area (Å²) in [5.74, 6) is -1.05. The number of aliphatic hydroxyl groups excluding tert-OH is 2. The van der Waals surface area contributed by atoms with Gasteiger partial charge >= 0.3 is 12.4 Å².